The van der Waals surface area contributed by atoms with E-state index in [9.17, 15) is 4.79 Å². The second kappa shape index (κ2) is 9.74. The maximum absolute atomic E-state index is 12.1. The Labute approximate surface area is 165 Å². The van der Waals surface area contributed by atoms with Crippen LogP contribution >= 0.6 is 11.8 Å². The van der Waals surface area contributed by atoms with Gasteiger partial charge in [0, 0.05) is 12.2 Å². The molecule has 5 nitrogen and oxygen atoms in total. The van der Waals surface area contributed by atoms with Crippen molar-refractivity contribution in [2.45, 2.75) is 57.0 Å². The minimum absolute atomic E-state index is 0.0427. The Bertz CT molecular complexity index is 780. The standard InChI is InChI=1S/C21H28N4OS/c1-16(2)18-8-10-19(11-9-18)25-15-23-24-21(25)27-14-20(26)22-13-12-17-6-4-3-5-7-17/h6,8-11,15-16H,3-5,7,12-14H2,1-2H3,(H,22,26). The van der Waals surface area contributed by atoms with Gasteiger partial charge in [-0.25, -0.2) is 0 Å². The van der Waals surface area contributed by atoms with Crippen LogP contribution in [0, 0.1) is 0 Å². The quantitative estimate of drug-likeness (QED) is 0.538. The first-order chi connectivity index (χ1) is 13.1. The first-order valence-corrected chi connectivity index (χ1v) is 10.7. The van der Waals surface area contributed by atoms with Gasteiger partial charge < -0.3 is 5.32 Å². The predicted molar refractivity (Wildman–Crippen MR) is 110 cm³/mol. The summed E-state index contributed by atoms with van der Waals surface area (Å²) in [6, 6.07) is 8.39. The van der Waals surface area contributed by atoms with Crippen LogP contribution in [0.4, 0.5) is 0 Å². The van der Waals surface area contributed by atoms with Crippen molar-refractivity contribution in [2.24, 2.45) is 0 Å². The third-order valence-electron chi connectivity index (χ3n) is 4.84. The van der Waals surface area contributed by atoms with Crippen LogP contribution in [0.1, 0.15) is 57.4 Å². The summed E-state index contributed by atoms with van der Waals surface area (Å²) >= 11 is 1.42. The maximum atomic E-state index is 12.1. The van der Waals surface area contributed by atoms with E-state index < -0.39 is 0 Å². The molecule has 1 aliphatic carbocycles. The smallest absolute Gasteiger partial charge is 0.230 e. The van der Waals surface area contributed by atoms with E-state index in [4.69, 9.17) is 0 Å². The molecule has 1 N–H and O–H groups in total. The molecule has 1 amide bonds. The zero-order chi connectivity index (χ0) is 19.1. The molecule has 0 spiro atoms. The molecular weight excluding hydrogens is 356 g/mol. The molecular formula is C21H28N4OS. The van der Waals surface area contributed by atoms with E-state index in [1.165, 1.54) is 48.6 Å². The number of rotatable bonds is 8. The lowest BCUT2D eigenvalue weighted by Crippen LogP contribution is -2.26. The summed E-state index contributed by atoms with van der Waals surface area (Å²) in [7, 11) is 0. The van der Waals surface area contributed by atoms with Crippen molar-refractivity contribution >= 4 is 17.7 Å². The van der Waals surface area contributed by atoms with Crippen molar-refractivity contribution in [3.63, 3.8) is 0 Å². The molecule has 2 aromatic rings. The van der Waals surface area contributed by atoms with Gasteiger partial charge >= 0.3 is 0 Å². The van der Waals surface area contributed by atoms with E-state index in [1.54, 1.807) is 6.33 Å². The fourth-order valence-electron chi connectivity index (χ4n) is 3.20. The zero-order valence-electron chi connectivity index (χ0n) is 16.1. The lowest BCUT2D eigenvalue weighted by atomic mass is 9.97. The summed E-state index contributed by atoms with van der Waals surface area (Å²) in [6.45, 7) is 5.07. The highest BCUT2D eigenvalue weighted by molar-refractivity contribution is 7.99. The predicted octanol–water partition coefficient (Wildman–Crippen LogP) is 4.49. The number of nitrogens with zero attached hydrogens (tertiary/aromatic N) is 3. The Morgan fingerprint density at radius 2 is 2.07 bits per heavy atom. The van der Waals surface area contributed by atoms with E-state index in [-0.39, 0.29) is 5.91 Å². The molecule has 0 radical (unpaired) electrons. The fourth-order valence-corrected chi connectivity index (χ4v) is 3.95. The minimum atomic E-state index is 0.0427. The Balaban J connectivity index is 1.49. The number of thioether (sulfide) groups is 1. The first-order valence-electron chi connectivity index (χ1n) is 9.71. The number of nitrogens with one attached hydrogen (secondary N) is 1. The monoisotopic (exact) mass is 384 g/mol. The van der Waals surface area contributed by atoms with Gasteiger partial charge in [-0.1, -0.05) is 49.4 Å². The lowest BCUT2D eigenvalue weighted by molar-refractivity contribution is -0.118. The van der Waals surface area contributed by atoms with E-state index in [1.807, 2.05) is 4.57 Å². The van der Waals surface area contributed by atoms with Gasteiger partial charge in [0.1, 0.15) is 6.33 Å². The summed E-state index contributed by atoms with van der Waals surface area (Å²) in [5.41, 5.74) is 3.80. The molecule has 144 valence electrons. The Hall–Kier alpha value is -2.08. The van der Waals surface area contributed by atoms with E-state index in [0.29, 0.717) is 18.2 Å². The molecule has 3 rings (SSSR count). The van der Waals surface area contributed by atoms with E-state index in [0.717, 1.165) is 17.3 Å². The van der Waals surface area contributed by atoms with Crippen LogP contribution < -0.4 is 5.32 Å². The van der Waals surface area contributed by atoms with Crippen LogP contribution in [0.15, 0.2) is 47.4 Å². The molecule has 0 aliphatic heterocycles. The van der Waals surface area contributed by atoms with Crippen LogP contribution in [-0.4, -0.2) is 33.0 Å². The molecule has 0 saturated heterocycles. The molecule has 0 unspecified atom stereocenters. The summed E-state index contributed by atoms with van der Waals surface area (Å²) in [4.78, 5) is 12.1. The Morgan fingerprint density at radius 1 is 1.26 bits per heavy atom. The molecule has 1 aromatic carbocycles. The minimum Gasteiger partial charge on any atom is -0.355 e. The van der Waals surface area contributed by atoms with Gasteiger partial charge in [0.2, 0.25) is 5.91 Å². The number of hydrogen-bond acceptors (Lipinski definition) is 4. The van der Waals surface area contributed by atoms with Gasteiger partial charge in [-0.2, -0.15) is 0 Å². The lowest BCUT2D eigenvalue weighted by Gasteiger charge is -2.13. The molecule has 1 aliphatic rings. The summed E-state index contributed by atoms with van der Waals surface area (Å²) < 4.78 is 1.93. The number of carbonyl (C=O) groups is 1. The van der Waals surface area contributed by atoms with Gasteiger partial charge in [-0.05, 0) is 55.7 Å². The van der Waals surface area contributed by atoms with E-state index in [2.05, 4.69) is 59.7 Å². The highest BCUT2D eigenvalue weighted by atomic mass is 32.2. The van der Waals surface area contributed by atoms with Gasteiger partial charge in [0.25, 0.3) is 0 Å². The van der Waals surface area contributed by atoms with Crippen molar-refractivity contribution < 1.29 is 4.79 Å². The molecule has 0 atom stereocenters. The molecule has 6 heteroatoms. The summed E-state index contributed by atoms with van der Waals surface area (Å²) in [5, 5.41) is 11.9. The highest BCUT2D eigenvalue weighted by Crippen LogP contribution is 2.22. The topological polar surface area (TPSA) is 59.8 Å². The second-order valence-corrected chi connectivity index (χ2v) is 8.17. The van der Waals surface area contributed by atoms with Gasteiger partial charge in [0.15, 0.2) is 5.16 Å². The number of allylic oxidation sites excluding steroid dienone is 1. The van der Waals surface area contributed by atoms with Crippen molar-refractivity contribution in [1.82, 2.24) is 20.1 Å². The number of carbonyl (C=O) groups excluding carboxylic acids is 1. The third-order valence-corrected chi connectivity index (χ3v) is 5.78. The van der Waals surface area contributed by atoms with Crippen LogP contribution in [0.25, 0.3) is 5.69 Å². The number of benzene rings is 1. The average Bonchev–Trinajstić information content (AvgIpc) is 3.16. The normalized spacial score (nSPS) is 14.3. The molecule has 1 aromatic heterocycles. The molecule has 0 fully saturated rings. The maximum Gasteiger partial charge on any atom is 0.230 e. The van der Waals surface area contributed by atoms with Gasteiger partial charge in [-0.3, -0.25) is 9.36 Å². The number of amides is 1. The SMILES string of the molecule is CC(C)c1ccc(-n2cnnc2SCC(=O)NCCC2=CCCCC2)cc1. The molecule has 1 heterocycles. The highest BCUT2D eigenvalue weighted by Gasteiger charge is 2.11. The van der Waals surface area contributed by atoms with Crippen LogP contribution in [0.2, 0.25) is 0 Å². The fraction of sp³-hybridized carbons (Fsp3) is 0.476. The van der Waals surface area contributed by atoms with Crippen LogP contribution in [-0.2, 0) is 4.79 Å². The zero-order valence-corrected chi connectivity index (χ0v) is 17.0. The summed E-state index contributed by atoms with van der Waals surface area (Å²) in [5.74, 6) is 0.893. The Kier molecular flexibility index (Phi) is 7.10. The third kappa shape index (κ3) is 5.70. The van der Waals surface area contributed by atoms with Gasteiger partial charge in [0.05, 0.1) is 5.75 Å². The second-order valence-electron chi connectivity index (χ2n) is 7.23. The Morgan fingerprint density at radius 3 is 2.78 bits per heavy atom. The number of hydrogen-bond donors (Lipinski definition) is 1. The van der Waals surface area contributed by atoms with Crippen LogP contribution in [0.3, 0.4) is 0 Å². The van der Waals surface area contributed by atoms with Crippen LogP contribution in [0.5, 0.6) is 0 Å². The van der Waals surface area contributed by atoms with Gasteiger partial charge in [-0.15, -0.1) is 10.2 Å². The van der Waals surface area contributed by atoms with E-state index >= 15 is 0 Å². The van der Waals surface area contributed by atoms with Crippen molar-refractivity contribution in [2.75, 3.05) is 12.3 Å². The molecule has 0 bridgehead atoms. The molecule has 0 saturated carbocycles. The molecule has 27 heavy (non-hydrogen) atoms. The van der Waals surface area contributed by atoms with Crippen molar-refractivity contribution in [3.8, 4) is 5.69 Å². The average molecular weight is 385 g/mol. The van der Waals surface area contributed by atoms with Crippen molar-refractivity contribution in [3.05, 3.63) is 47.8 Å². The largest absolute Gasteiger partial charge is 0.355 e. The van der Waals surface area contributed by atoms with Crippen molar-refractivity contribution in [1.29, 1.82) is 0 Å². The first kappa shape index (κ1) is 19.7. The number of aromatic nitrogens is 3. The summed E-state index contributed by atoms with van der Waals surface area (Å²) in [6.07, 6.45) is 9.94.